The fourth-order valence-corrected chi connectivity index (χ4v) is 2.36. The van der Waals surface area contributed by atoms with Crippen LogP contribution in [0.3, 0.4) is 0 Å². The van der Waals surface area contributed by atoms with Crippen LogP contribution in [0.4, 0.5) is 0 Å². The summed E-state index contributed by atoms with van der Waals surface area (Å²) in [6, 6.07) is 1.80. The van der Waals surface area contributed by atoms with Crippen molar-refractivity contribution in [1.82, 2.24) is 24.3 Å². The van der Waals surface area contributed by atoms with Gasteiger partial charge >= 0.3 is 0 Å². The van der Waals surface area contributed by atoms with Gasteiger partial charge in [-0.2, -0.15) is 5.10 Å². The molecular weight excluding hydrogens is 285 g/mol. The molecule has 0 saturated heterocycles. The Balaban J connectivity index is 2.27. The molecule has 0 atom stereocenters. The summed E-state index contributed by atoms with van der Waals surface area (Å²) >= 11 is 11.8. The van der Waals surface area contributed by atoms with Crippen molar-refractivity contribution in [2.45, 2.75) is 6.42 Å². The standard InChI is InChI=1S/C12H11Cl2N5/c1-18-7-9(6-16-18)19-11(2-3-13)17-10-4-8(14)5-15-12(10)19/h4-7H,2-3H2,1H3. The molecule has 0 aliphatic heterocycles. The molecule has 3 rings (SSSR count). The van der Waals surface area contributed by atoms with Gasteiger partial charge in [-0.15, -0.1) is 11.6 Å². The topological polar surface area (TPSA) is 48.5 Å². The van der Waals surface area contributed by atoms with Crippen molar-refractivity contribution in [2.24, 2.45) is 7.05 Å². The molecule has 0 radical (unpaired) electrons. The Hall–Kier alpha value is -1.59. The van der Waals surface area contributed by atoms with Gasteiger partial charge in [0.05, 0.1) is 16.9 Å². The molecule has 0 spiro atoms. The van der Waals surface area contributed by atoms with Gasteiger partial charge < -0.3 is 0 Å². The van der Waals surface area contributed by atoms with Crippen LogP contribution < -0.4 is 0 Å². The Morgan fingerprint density at radius 3 is 2.84 bits per heavy atom. The zero-order chi connectivity index (χ0) is 13.4. The lowest BCUT2D eigenvalue weighted by Gasteiger charge is -2.04. The molecule has 0 fully saturated rings. The first-order valence-electron chi connectivity index (χ1n) is 5.77. The van der Waals surface area contributed by atoms with E-state index in [0.29, 0.717) is 17.3 Å². The summed E-state index contributed by atoms with van der Waals surface area (Å²) in [4.78, 5) is 8.90. The number of pyridine rings is 1. The molecule has 0 aromatic carbocycles. The van der Waals surface area contributed by atoms with Crippen LogP contribution in [0.5, 0.6) is 0 Å². The van der Waals surface area contributed by atoms with E-state index < -0.39 is 0 Å². The van der Waals surface area contributed by atoms with E-state index in [1.807, 2.05) is 17.8 Å². The van der Waals surface area contributed by atoms with Crippen LogP contribution in [0, 0.1) is 0 Å². The number of hydrogen-bond donors (Lipinski definition) is 0. The molecular formula is C12H11Cl2N5. The van der Waals surface area contributed by atoms with E-state index in [1.54, 1.807) is 23.1 Å². The highest BCUT2D eigenvalue weighted by Crippen LogP contribution is 2.22. The number of aryl methyl sites for hydroxylation is 2. The van der Waals surface area contributed by atoms with Gasteiger partial charge in [-0.1, -0.05) is 11.6 Å². The lowest BCUT2D eigenvalue weighted by Crippen LogP contribution is -2.02. The van der Waals surface area contributed by atoms with Gasteiger partial charge in [-0.3, -0.25) is 9.25 Å². The Bertz CT molecular complexity index is 731. The summed E-state index contributed by atoms with van der Waals surface area (Å²) in [6.45, 7) is 0. The minimum atomic E-state index is 0.497. The molecule has 7 heteroatoms. The van der Waals surface area contributed by atoms with E-state index in [4.69, 9.17) is 23.2 Å². The van der Waals surface area contributed by atoms with Gasteiger partial charge in [0.1, 0.15) is 11.3 Å². The van der Waals surface area contributed by atoms with E-state index in [-0.39, 0.29) is 0 Å². The fourth-order valence-electron chi connectivity index (χ4n) is 2.03. The van der Waals surface area contributed by atoms with E-state index in [0.717, 1.165) is 22.7 Å². The van der Waals surface area contributed by atoms with Crippen molar-refractivity contribution >= 4 is 34.4 Å². The van der Waals surface area contributed by atoms with E-state index in [1.165, 1.54) is 0 Å². The summed E-state index contributed by atoms with van der Waals surface area (Å²) in [5.74, 6) is 1.35. The number of rotatable bonds is 3. The molecule has 0 amide bonds. The molecule has 19 heavy (non-hydrogen) atoms. The Morgan fingerprint density at radius 2 is 2.16 bits per heavy atom. The van der Waals surface area contributed by atoms with Crippen LogP contribution >= 0.6 is 23.2 Å². The first kappa shape index (κ1) is 12.4. The molecule has 3 heterocycles. The highest BCUT2D eigenvalue weighted by molar-refractivity contribution is 6.31. The van der Waals surface area contributed by atoms with Crippen molar-refractivity contribution in [3.63, 3.8) is 0 Å². The largest absolute Gasteiger partial charge is 0.277 e. The number of halogens is 2. The lowest BCUT2D eigenvalue weighted by atomic mass is 10.4. The van der Waals surface area contributed by atoms with Gasteiger partial charge in [0.25, 0.3) is 0 Å². The second-order valence-electron chi connectivity index (χ2n) is 4.17. The maximum absolute atomic E-state index is 5.95. The quantitative estimate of drug-likeness (QED) is 0.698. The highest BCUT2D eigenvalue weighted by atomic mass is 35.5. The molecule has 3 aromatic rings. The van der Waals surface area contributed by atoms with Crippen molar-refractivity contribution in [3.8, 4) is 5.69 Å². The highest BCUT2D eigenvalue weighted by Gasteiger charge is 2.14. The molecule has 0 aliphatic rings. The maximum Gasteiger partial charge on any atom is 0.164 e. The minimum Gasteiger partial charge on any atom is -0.277 e. The summed E-state index contributed by atoms with van der Waals surface area (Å²) in [5, 5.41) is 4.75. The first-order chi connectivity index (χ1) is 9.19. The molecule has 98 valence electrons. The summed E-state index contributed by atoms with van der Waals surface area (Å²) < 4.78 is 3.70. The van der Waals surface area contributed by atoms with Crippen molar-refractivity contribution in [1.29, 1.82) is 0 Å². The molecule has 0 saturated carbocycles. The zero-order valence-electron chi connectivity index (χ0n) is 10.2. The van der Waals surface area contributed by atoms with Crippen LogP contribution in [0.2, 0.25) is 5.02 Å². The second kappa shape index (κ2) is 4.83. The summed E-state index contributed by atoms with van der Waals surface area (Å²) in [6.07, 6.45) is 5.96. The summed E-state index contributed by atoms with van der Waals surface area (Å²) in [5.41, 5.74) is 2.44. The number of hydrogen-bond acceptors (Lipinski definition) is 3. The Labute approximate surface area is 119 Å². The molecule has 0 unspecified atom stereocenters. The van der Waals surface area contributed by atoms with Crippen LogP contribution in [-0.4, -0.2) is 30.2 Å². The number of fused-ring (bicyclic) bond motifs is 1. The van der Waals surface area contributed by atoms with Crippen molar-refractivity contribution in [2.75, 3.05) is 5.88 Å². The van der Waals surface area contributed by atoms with Gasteiger partial charge in [0.2, 0.25) is 0 Å². The Kier molecular flexibility index (Phi) is 3.16. The predicted octanol–water partition coefficient (Wildman–Crippen LogP) is 2.59. The maximum atomic E-state index is 5.95. The van der Waals surface area contributed by atoms with Crippen LogP contribution in [0.15, 0.2) is 24.7 Å². The van der Waals surface area contributed by atoms with Gasteiger partial charge in [-0.25, -0.2) is 9.97 Å². The number of aromatic nitrogens is 5. The molecule has 0 aliphatic carbocycles. The van der Waals surface area contributed by atoms with E-state index in [9.17, 15) is 0 Å². The number of imidazole rings is 1. The van der Waals surface area contributed by atoms with Crippen molar-refractivity contribution in [3.05, 3.63) is 35.5 Å². The average Bonchev–Trinajstić information content (AvgIpc) is 2.92. The van der Waals surface area contributed by atoms with E-state index in [2.05, 4.69) is 15.1 Å². The third-order valence-corrected chi connectivity index (χ3v) is 3.20. The average molecular weight is 296 g/mol. The molecule has 0 N–H and O–H groups in total. The van der Waals surface area contributed by atoms with E-state index >= 15 is 0 Å². The number of alkyl halides is 1. The number of nitrogens with zero attached hydrogens (tertiary/aromatic N) is 5. The van der Waals surface area contributed by atoms with Gasteiger partial charge in [-0.05, 0) is 6.07 Å². The summed E-state index contributed by atoms with van der Waals surface area (Å²) in [7, 11) is 1.87. The normalized spacial score (nSPS) is 11.3. The lowest BCUT2D eigenvalue weighted by molar-refractivity contribution is 0.767. The van der Waals surface area contributed by atoms with Crippen LogP contribution in [0.25, 0.3) is 16.9 Å². The second-order valence-corrected chi connectivity index (χ2v) is 4.99. The predicted molar refractivity (Wildman–Crippen MR) is 75.1 cm³/mol. The molecule has 0 bridgehead atoms. The Morgan fingerprint density at radius 1 is 1.32 bits per heavy atom. The SMILES string of the molecule is Cn1cc(-n2c(CCCl)nc3cc(Cl)cnc32)cn1. The monoisotopic (exact) mass is 295 g/mol. The fraction of sp³-hybridized carbons (Fsp3) is 0.250. The first-order valence-corrected chi connectivity index (χ1v) is 6.68. The third-order valence-electron chi connectivity index (χ3n) is 2.80. The minimum absolute atomic E-state index is 0.497. The van der Waals surface area contributed by atoms with Crippen LogP contribution in [-0.2, 0) is 13.5 Å². The third kappa shape index (κ3) is 2.19. The van der Waals surface area contributed by atoms with Gasteiger partial charge in [0.15, 0.2) is 5.65 Å². The van der Waals surface area contributed by atoms with Gasteiger partial charge in [0, 0.05) is 31.7 Å². The van der Waals surface area contributed by atoms with Crippen LogP contribution in [0.1, 0.15) is 5.82 Å². The molecule has 3 aromatic heterocycles. The molecule has 5 nitrogen and oxygen atoms in total. The zero-order valence-corrected chi connectivity index (χ0v) is 11.7. The smallest absolute Gasteiger partial charge is 0.164 e. The van der Waals surface area contributed by atoms with Crippen molar-refractivity contribution < 1.29 is 0 Å².